The molecule has 7 heteroatoms. The summed E-state index contributed by atoms with van der Waals surface area (Å²) in [5.74, 6) is -0.785. The Morgan fingerprint density at radius 3 is 2.62 bits per heavy atom. The van der Waals surface area contributed by atoms with Crippen molar-refractivity contribution in [1.29, 1.82) is 0 Å². The van der Waals surface area contributed by atoms with Crippen LogP contribution in [0.4, 0.5) is 5.69 Å². The normalized spacial score (nSPS) is 20.3. The number of anilines is 1. The highest BCUT2D eigenvalue weighted by atomic mass is 16.5. The van der Waals surface area contributed by atoms with Crippen molar-refractivity contribution >= 4 is 33.9 Å². The summed E-state index contributed by atoms with van der Waals surface area (Å²) in [6, 6.07) is 11.8. The van der Waals surface area contributed by atoms with Crippen LogP contribution >= 0.6 is 0 Å². The Balaban J connectivity index is 1.65. The van der Waals surface area contributed by atoms with Crippen molar-refractivity contribution in [2.75, 3.05) is 11.5 Å². The number of hydrogen-bond acceptors (Lipinski definition) is 6. The molecule has 2 aromatic carbocycles. The molecule has 1 unspecified atom stereocenters. The van der Waals surface area contributed by atoms with E-state index in [1.165, 1.54) is 11.0 Å². The third-order valence-corrected chi connectivity index (χ3v) is 6.55. The van der Waals surface area contributed by atoms with Crippen LogP contribution in [0.1, 0.15) is 55.6 Å². The summed E-state index contributed by atoms with van der Waals surface area (Å²) >= 11 is 0. The molecule has 34 heavy (non-hydrogen) atoms. The van der Waals surface area contributed by atoms with Gasteiger partial charge in [-0.25, -0.2) is 4.79 Å². The maximum Gasteiger partial charge on any atom is 0.347 e. The molecule has 0 bridgehead atoms. The van der Waals surface area contributed by atoms with E-state index >= 15 is 0 Å². The number of hydrogen-bond donors (Lipinski definition) is 1. The Morgan fingerprint density at radius 2 is 1.88 bits per heavy atom. The van der Waals surface area contributed by atoms with Gasteiger partial charge in [0.25, 0.3) is 5.91 Å². The molecule has 0 saturated carbocycles. The zero-order chi connectivity index (χ0) is 24.4. The Morgan fingerprint density at radius 1 is 1.15 bits per heavy atom. The average Bonchev–Trinajstić information content (AvgIpc) is 2.99. The van der Waals surface area contributed by atoms with E-state index in [1.807, 2.05) is 39.8 Å². The van der Waals surface area contributed by atoms with Crippen molar-refractivity contribution in [3.8, 4) is 5.75 Å². The minimum atomic E-state index is -2.15. The van der Waals surface area contributed by atoms with Gasteiger partial charge in [0.1, 0.15) is 16.9 Å². The number of rotatable bonds is 5. The predicted molar refractivity (Wildman–Crippen MR) is 128 cm³/mol. The van der Waals surface area contributed by atoms with Crippen LogP contribution in [0.3, 0.4) is 0 Å². The van der Waals surface area contributed by atoms with E-state index in [2.05, 4.69) is 0 Å². The van der Waals surface area contributed by atoms with Gasteiger partial charge < -0.3 is 14.3 Å². The van der Waals surface area contributed by atoms with Crippen molar-refractivity contribution < 1.29 is 23.8 Å². The second kappa shape index (κ2) is 7.40. The number of carbonyl (C=O) groups excluding carboxylic acids is 2. The van der Waals surface area contributed by atoms with Crippen molar-refractivity contribution in [2.45, 2.75) is 45.3 Å². The summed E-state index contributed by atoms with van der Waals surface area (Å²) < 4.78 is 11.0. The molecule has 3 aromatic rings. The Labute approximate surface area is 196 Å². The summed E-state index contributed by atoms with van der Waals surface area (Å²) in [7, 11) is 0. The lowest BCUT2D eigenvalue weighted by atomic mass is 9.86. The maximum absolute atomic E-state index is 13.7. The zero-order valence-electron chi connectivity index (χ0n) is 19.5. The van der Waals surface area contributed by atoms with Gasteiger partial charge >= 0.3 is 5.63 Å². The number of fused-ring (bicyclic) bond motifs is 1. The fourth-order valence-electron chi connectivity index (χ4n) is 5.09. The molecule has 0 saturated heterocycles. The molecule has 0 fully saturated rings. The average molecular weight is 459 g/mol. The lowest BCUT2D eigenvalue weighted by Gasteiger charge is -2.39. The Hall–Kier alpha value is -3.71. The first kappa shape index (κ1) is 22.1. The van der Waals surface area contributed by atoms with Crippen LogP contribution in [-0.4, -0.2) is 28.9 Å². The highest BCUT2D eigenvalue weighted by Gasteiger charge is 2.56. The molecule has 0 radical (unpaired) electrons. The maximum atomic E-state index is 13.7. The molecule has 3 heterocycles. The lowest BCUT2D eigenvalue weighted by molar-refractivity contribution is -0.136. The van der Waals surface area contributed by atoms with Gasteiger partial charge in [0.2, 0.25) is 0 Å². The molecular weight excluding hydrogens is 434 g/mol. The van der Waals surface area contributed by atoms with Gasteiger partial charge in [-0.2, -0.15) is 0 Å². The molecule has 2 aliphatic heterocycles. The standard InChI is InChI=1S/C27H25NO6/c1-5-33-17-11-18-15(2)13-26(3,4)28-23(18)20(12-17)27(32,25(28)31)14-21(29)19-10-16-8-6-7-9-22(16)34-24(19)30/h6-13,32H,5,14H2,1-4H3. The number of benzene rings is 2. The largest absolute Gasteiger partial charge is 0.494 e. The molecule has 174 valence electrons. The first-order valence-corrected chi connectivity index (χ1v) is 11.2. The summed E-state index contributed by atoms with van der Waals surface area (Å²) in [5, 5.41) is 12.4. The van der Waals surface area contributed by atoms with Gasteiger partial charge in [-0.05, 0) is 57.5 Å². The minimum absolute atomic E-state index is 0.204. The number of nitrogens with zero attached hydrogens (tertiary/aromatic N) is 1. The molecule has 2 aliphatic rings. The molecule has 1 N–H and O–H groups in total. The molecular formula is C27H25NO6. The van der Waals surface area contributed by atoms with Crippen LogP contribution in [0, 0.1) is 0 Å². The van der Waals surface area contributed by atoms with E-state index in [0.717, 1.165) is 11.1 Å². The van der Waals surface area contributed by atoms with Crippen LogP contribution in [0.15, 0.2) is 57.8 Å². The summed E-state index contributed by atoms with van der Waals surface area (Å²) in [4.78, 5) is 41.1. The first-order valence-electron chi connectivity index (χ1n) is 11.2. The number of allylic oxidation sites excluding steroid dienone is 1. The minimum Gasteiger partial charge on any atom is -0.494 e. The van der Waals surface area contributed by atoms with Gasteiger partial charge in [-0.1, -0.05) is 24.3 Å². The number of amides is 1. The van der Waals surface area contributed by atoms with Crippen molar-refractivity contribution in [3.63, 3.8) is 0 Å². The Bertz CT molecular complexity index is 1460. The number of carbonyl (C=O) groups is 2. The van der Waals surface area contributed by atoms with Crippen molar-refractivity contribution in [1.82, 2.24) is 0 Å². The number of Topliss-reactive ketones (excluding diaryl/α,β-unsaturated/α-hetero) is 1. The fourth-order valence-corrected chi connectivity index (χ4v) is 5.09. The molecule has 5 rings (SSSR count). The third kappa shape index (κ3) is 3.11. The predicted octanol–water partition coefficient (Wildman–Crippen LogP) is 4.19. The van der Waals surface area contributed by atoms with Gasteiger partial charge in [0.05, 0.1) is 24.3 Å². The van der Waals surface area contributed by atoms with Crippen molar-refractivity contribution in [3.05, 3.63) is 75.7 Å². The smallest absolute Gasteiger partial charge is 0.347 e. The first-order chi connectivity index (χ1) is 16.1. The molecule has 7 nitrogen and oxygen atoms in total. The molecule has 1 amide bonds. The van der Waals surface area contributed by atoms with Gasteiger partial charge in [0.15, 0.2) is 11.4 Å². The zero-order valence-corrected chi connectivity index (χ0v) is 19.5. The topological polar surface area (TPSA) is 97.0 Å². The second-order valence-electron chi connectivity index (χ2n) is 9.37. The number of ketones is 1. The molecule has 0 aliphatic carbocycles. The fraction of sp³-hybridized carbons (Fsp3) is 0.296. The summed E-state index contributed by atoms with van der Waals surface area (Å²) in [6.07, 6.45) is 1.36. The van der Waals surface area contributed by atoms with E-state index in [4.69, 9.17) is 9.15 Å². The van der Waals surface area contributed by atoms with Crippen LogP contribution in [0.2, 0.25) is 0 Å². The number of aliphatic hydroxyl groups is 1. The highest BCUT2D eigenvalue weighted by Crippen LogP contribution is 2.53. The van der Waals surface area contributed by atoms with E-state index in [-0.39, 0.29) is 5.56 Å². The van der Waals surface area contributed by atoms with E-state index in [9.17, 15) is 19.5 Å². The second-order valence-corrected chi connectivity index (χ2v) is 9.37. The van der Waals surface area contributed by atoms with Crippen LogP contribution in [-0.2, 0) is 10.4 Å². The molecule has 1 aromatic heterocycles. The SMILES string of the molecule is CCOc1cc2c3c(c1)C(O)(CC(=O)c1cc4ccccc4oc1=O)C(=O)N3C(C)(C)C=C2C. The lowest BCUT2D eigenvalue weighted by Crippen LogP contribution is -2.51. The van der Waals surface area contributed by atoms with Crippen LogP contribution < -0.4 is 15.3 Å². The van der Waals surface area contributed by atoms with Gasteiger partial charge in [0, 0.05) is 16.5 Å². The monoisotopic (exact) mass is 459 g/mol. The third-order valence-electron chi connectivity index (χ3n) is 6.55. The highest BCUT2D eigenvalue weighted by molar-refractivity contribution is 6.14. The molecule has 1 atom stereocenters. The molecule has 0 spiro atoms. The van der Waals surface area contributed by atoms with Crippen LogP contribution in [0.25, 0.3) is 16.5 Å². The quantitative estimate of drug-likeness (QED) is 0.454. The summed E-state index contributed by atoms with van der Waals surface area (Å²) in [6.45, 7) is 7.94. The van der Waals surface area contributed by atoms with Gasteiger partial charge in [-0.3, -0.25) is 14.5 Å². The number of para-hydroxylation sites is 1. The van der Waals surface area contributed by atoms with Crippen molar-refractivity contribution in [2.24, 2.45) is 0 Å². The van der Waals surface area contributed by atoms with Crippen LogP contribution in [0.5, 0.6) is 5.75 Å². The van der Waals surface area contributed by atoms with E-state index in [1.54, 1.807) is 30.3 Å². The summed E-state index contributed by atoms with van der Waals surface area (Å²) in [5.41, 5.74) is -0.938. The van der Waals surface area contributed by atoms with E-state index in [0.29, 0.717) is 34.6 Å². The number of ether oxygens (including phenoxy) is 1. The van der Waals surface area contributed by atoms with Gasteiger partial charge in [-0.15, -0.1) is 0 Å². The van der Waals surface area contributed by atoms with E-state index < -0.39 is 34.9 Å². The Kier molecular flexibility index (Phi) is 4.81.